The number of aliphatic hydroxyl groups excluding tert-OH is 1. The molecule has 5 nitrogen and oxygen atoms in total. The lowest BCUT2D eigenvalue weighted by Crippen LogP contribution is -2.04. The zero-order valence-corrected chi connectivity index (χ0v) is 9.92. The van der Waals surface area contributed by atoms with Gasteiger partial charge < -0.3 is 14.4 Å². The van der Waals surface area contributed by atoms with E-state index >= 15 is 0 Å². The summed E-state index contributed by atoms with van der Waals surface area (Å²) < 4.78 is 7.48. The Morgan fingerprint density at radius 1 is 1.35 bits per heavy atom. The average Bonchev–Trinajstić information content (AvgIpc) is 2.68. The number of hydrogen-bond donors (Lipinski definition) is 1. The van der Waals surface area contributed by atoms with E-state index in [1.165, 1.54) is 0 Å². The molecule has 2 aromatic rings. The zero-order valence-electron chi connectivity index (χ0n) is 9.92. The fourth-order valence-corrected chi connectivity index (χ4v) is 1.46. The van der Waals surface area contributed by atoms with Crippen LogP contribution in [-0.2, 0) is 20.3 Å². The molecule has 0 bridgehead atoms. The van der Waals surface area contributed by atoms with Gasteiger partial charge in [-0.1, -0.05) is 12.1 Å². The topological polar surface area (TPSA) is 60.2 Å². The van der Waals surface area contributed by atoms with Gasteiger partial charge in [0.1, 0.15) is 18.2 Å². The number of aryl methyl sites for hydroxylation is 1. The van der Waals surface area contributed by atoms with E-state index in [1.54, 1.807) is 0 Å². The molecule has 1 heterocycles. The molecule has 1 aromatic carbocycles. The van der Waals surface area contributed by atoms with E-state index in [-0.39, 0.29) is 6.61 Å². The van der Waals surface area contributed by atoms with E-state index in [9.17, 15) is 0 Å². The van der Waals surface area contributed by atoms with Gasteiger partial charge in [0.2, 0.25) is 0 Å². The van der Waals surface area contributed by atoms with Crippen LogP contribution in [0.5, 0.6) is 5.75 Å². The maximum Gasteiger partial charge on any atom is 0.170 e. The highest BCUT2D eigenvalue weighted by Gasteiger charge is 2.05. The Bertz CT molecular complexity index is 508. The van der Waals surface area contributed by atoms with Gasteiger partial charge in [-0.15, -0.1) is 10.2 Å². The molecular weight excluding hydrogens is 218 g/mol. The summed E-state index contributed by atoms with van der Waals surface area (Å²) in [5.41, 5.74) is 0.830. The molecule has 90 valence electrons. The summed E-state index contributed by atoms with van der Waals surface area (Å²) >= 11 is 0. The molecule has 0 aliphatic carbocycles. The van der Waals surface area contributed by atoms with Crippen molar-refractivity contribution in [2.45, 2.75) is 20.1 Å². The molecule has 5 heteroatoms. The predicted molar refractivity (Wildman–Crippen MR) is 62.4 cm³/mol. The average molecular weight is 233 g/mol. The monoisotopic (exact) mass is 233 g/mol. The molecule has 0 saturated carbocycles. The third-order valence-electron chi connectivity index (χ3n) is 2.63. The van der Waals surface area contributed by atoms with Crippen molar-refractivity contribution in [2.75, 3.05) is 0 Å². The third kappa shape index (κ3) is 2.62. The number of aromatic nitrogens is 3. The first-order valence-electron chi connectivity index (χ1n) is 5.38. The minimum absolute atomic E-state index is 0.0142. The Morgan fingerprint density at radius 2 is 2.18 bits per heavy atom. The van der Waals surface area contributed by atoms with E-state index in [1.807, 2.05) is 42.8 Å². The Hall–Kier alpha value is -1.88. The molecule has 0 amide bonds. The molecule has 0 saturated heterocycles. The van der Waals surface area contributed by atoms with Crippen LogP contribution in [0.1, 0.15) is 17.2 Å². The summed E-state index contributed by atoms with van der Waals surface area (Å²) in [6.45, 7) is 2.27. The molecule has 0 aliphatic heterocycles. The number of aliphatic hydroxyl groups is 1. The molecule has 1 N–H and O–H groups in total. The van der Waals surface area contributed by atoms with Crippen LogP contribution in [-0.4, -0.2) is 19.9 Å². The van der Waals surface area contributed by atoms with Gasteiger partial charge in [0.15, 0.2) is 5.82 Å². The quantitative estimate of drug-likeness (QED) is 0.861. The molecule has 0 atom stereocenters. The minimum Gasteiger partial charge on any atom is -0.486 e. The van der Waals surface area contributed by atoms with E-state index in [4.69, 9.17) is 9.84 Å². The smallest absolute Gasteiger partial charge is 0.170 e. The molecule has 1 aromatic heterocycles. The largest absolute Gasteiger partial charge is 0.486 e. The summed E-state index contributed by atoms with van der Waals surface area (Å²) in [5, 5.41) is 17.0. The van der Waals surface area contributed by atoms with E-state index < -0.39 is 0 Å². The second-order valence-electron chi connectivity index (χ2n) is 3.82. The Balaban J connectivity index is 2.04. The van der Waals surface area contributed by atoms with Crippen molar-refractivity contribution in [2.24, 2.45) is 7.05 Å². The van der Waals surface area contributed by atoms with Gasteiger partial charge in [-0.3, -0.25) is 0 Å². The molecular formula is C12H15N3O2. The highest BCUT2D eigenvalue weighted by Crippen LogP contribution is 2.14. The van der Waals surface area contributed by atoms with Gasteiger partial charge in [0.05, 0.1) is 6.61 Å². The van der Waals surface area contributed by atoms with Gasteiger partial charge >= 0.3 is 0 Å². The highest BCUT2D eigenvalue weighted by molar-refractivity contribution is 5.28. The lowest BCUT2D eigenvalue weighted by molar-refractivity contribution is 0.275. The van der Waals surface area contributed by atoms with Crippen LogP contribution in [0.4, 0.5) is 0 Å². The number of rotatable bonds is 4. The van der Waals surface area contributed by atoms with Crippen LogP contribution in [0.15, 0.2) is 24.3 Å². The van der Waals surface area contributed by atoms with Crippen molar-refractivity contribution >= 4 is 0 Å². The highest BCUT2D eigenvalue weighted by atomic mass is 16.5. The van der Waals surface area contributed by atoms with E-state index in [2.05, 4.69) is 10.2 Å². The summed E-state index contributed by atoms with van der Waals surface area (Å²) in [7, 11) is 1.90. The van der Waals surface area contributed by atoms with Crippen LogP contribution >= 0.6 is 0 Å². The fraction of sp³-hybridized carbons (Fsp3) is 0.333. The first-order valence-corrected chi connectivity index (χ1v) is 5.38. The van der Waals surface area contributed by atoms with Gasteiger partial charge in [-0.2, -0.15) is 0 Å². The SMILES string of the molecule is Cc1nnc(COc2cccc(CO)c2)n1C. The zero-order chi connectivity index (χ0) is 12.3. The van der Waals surface area contributed by atoms with Gasteiger partial charge in [-0.25, -0.2) is 0 Å². The molecule has 0 aliphatic rings. The van der Waals surface area contributed by atoms with Crippen LogP contribution < -0.4 is 4.74 Å². The van der Waals surface area contributed by atoms with Crippen LogP contribution in [0.3, 0.4) is 0 Å². The molecule has 0 spiro atoms. The fourth-order valence-electron chi connectivity index (χ4n) is 1.46. The Kier molecular flexibility index (Phi) is 3.39. The van der Waals surface area contributed by atoms with Gasteiger partial charge in [-0.05, 0) is 24.6 Å². The summed E-state index contributed by atoms with van der Waals surface area (Å²) in [5.74, 6) is 2.35. The second-order valence-corrected chi connectivity index (χ2v) is 3.82. The first-order chi connectivity index (χ1) is 8.20. The lowest BCUT2D eigenvalue weighted by atomic mass is 10.2. The summed E-state index contributed by atoms with van der Waals surface area (Å²) in [6, 6.07) is 7.35. The van der Waals surface area contributed by atoms with Crippen LogP contribution in [0.25, 0.3) is 0 Å². The number of benzene rings is 1. The third-order valence-corrected chi connectivity index (χ3v) is 2.63. The Morgan fingerprint density at radius 3 is 2.82 bits per heavy atom. The van der Waals surface area contributed by atoms with Gasteiger partial charge in [0, 0.05) is 7.05 Å². The lowest BCUT2D eigenvalue weighted by Gasteiger charge is -2.06. The van der Waals surface area contributed by atoms with Crippen LogP contribution in [0, 0.1) is 6.92 Å². The number of nitrogens with zero attached hydrogens (tertiary/aromatic N) is 3. The molecule has 2 rings (SSSR count). The molecule has 17 heavy (non-hydrogen) atoms. The van der Waals surface area contributed by atoms with Gasteiger partial charge in [0.25, 0.3) is 0 Å². The number of ether oxygens (including phenoxy) is 1. The summed E-state index contributed by atoms with van der Waals surface area (Å²) in [4.78, 5) is 0. The first kappa shape index (κ1) is 11.6. The van der Waals surface area contributed by atoms with Crippen molar-refractivity contribution < 1.29 is 9.84 Å². The minimum atomic E-state index is 0.0142. The van der Waals surface area contributed by atoms with Crippen molar-refractivity contribution in [3.8, 4) is 5.75 Å². The standard InChI is InChI=1S/C12H15N3O2/c1-9-13-14-12(15(9)2)8-17-11-5-3-4-10(6-11)7-16/h3-6,16H,7-8H2,1-2H3. The van der Waals surface area contributed by atoms with Crippen molar-refractivity contribution in [1.29, 1.82) is 0 Å². The second kappa shape index (κ2) is 4.97. The normalized spacial score (nSPS) is 10.5. The van der Waals surface area contributed by atoms with Crippen LogP contribution in [0.2, 0.25) is 0 Å². The van der Waals surface area contributed by atoms with Crippen molar-refractivity contribution in [3.63, 3.8) is 0 Å². The molecule has 0 unspecified atom stereocenters. The van der Waals surface area contributed by atoms with E-state index in [0.717, 1.165) is 23.0 Å². The number of hydrogen-bond acceptors (Lipinski definition) is 4. The maximum atomic E-state index is 9.01. The van der Waals surface area contributed by atoms with Crippen molar-refractivity contribution in [3.05, 3.63) is 41.5 Å². The Labute approximate surface area is 99.7 Å². The summed E-state index contributed by atoms with van der Waals surface area (Å²) in [6.07, 6.45) is 0. The maximum absolute atomic E-state index is 9.01. The van der Waals surface area contributed by atoms with Crippen molar-refractivity contribution in [1.82, 2.24) is 14.8 Å². The predicted octanol–water partition coefficient (Wildman–Crippen LogP) is 1.19. The van der Waals surface area contributed by atoms with E-state index in [0.29, 0.717) is 6.61 Å². The molecule has 0 fully saturated rings. The molecule has 0 radical (unpaired) electrons.